The fourth-order valence-electron chi connectivity index (χ4n) is 2.53. The van der Waals surface area contributed by atoms with Crippen molar-refractivity contribution in [3.8, 4) is 23.0 Å². The van der Waals surface area contributed by atoms with Crippen LogP contribution in [0.4, 0.5) is 5.69 Å². The molecule has 2 aromatic carbocycles. The standard InChI is InChI=1S/C22H25NO7/c1-14(22(25)23-16-7-9-17(26-2)10-8-16)30-21(24)11-6-15-12-19(28-4)20(29-5)13-18(15)27-3/h6-14H,1-5H3,(H,23,25)/b11-6+. The van der Waals surface area contributed by atoms with E-state index in [1.54, 1.807) is 43.5 Å². The van der Waals surface area contributed by atoms with Crippen LogP contribution in [0.2, 0.25) is 0 Å². The second kappa shape index (κ2) is 10.8. The highest BCUT2D eigenvalue weighted by molar-refractivity contribution is 5.96. The molecule has 0 fully saturated rings. The van der Waals surface area contributed by atoms with Gasteiger partial charge in [-0.05, 0) is 43.3 Å². The van der Waals surface area contributed by atoms with Gasteiger partial charge in [-0.2, -0.15) is 0 Å². The first kappa shape index (κ1) is 22.6. The molecule has 0 bridgehead atoms. The Bertz CT molecular complexity index is 906. The second-order valence-electron chi connectivity index (χ2n) is 6.08. The molecule has 8 nitrogen and oxygen atoms in total. The van der Waals surface area contributed by atoms with Gasteiger partial charge in [-0.1, -0.05) is 0 Å². The molecular weight excluding hydrogens is 390 g/mol. The predicted octanol–water partition coefficient (Wildman–Crippen LogP) is 3.30. The Labute approximate surface area is 175 Å². The van der Waals surface area contributed by atoms with Crippen LogP contribution in [0.1, 0.15) is 12.5 Å². The molecule has 0 aliphatic carbocycles. The van der Waals surface area contributed by atoms with Crippen molar-refractivity contribution >= 4 is 23.6 Å². The number of hydrogen-bond donors (Lipinski definition) is 1. The fraction of sp³-hybridized carbons (Fsp3) is 0.273. The highest BCUT2D eigenvalue weighted by Gasteiger charge is 2.17. The number of methoxy groups -OCH3 is 4. The van der Waals surface area contributed by atoms with Gasteiger partial charge in [0.1, 0.15) is 11.5 Å². The van der Waals surface area contributed by atoms with Crippen LogP contribution in [0.15, 0.2) is 42.5 Å². The van der Waals surface area contributed by atoms with E-state index in [1.807, 2.05) is 0 Å². The third-order valence-electron chi connectivity index (χ3n) is 4.15. The number of anilines is 1. The molecule has 1 amide bonds. The molecule has 0 aliphatic heterocycles. The zero-order valence-corrected chi connectivity index (χ0v) is 17.6. The summed E-state index contributed by atoms with van der Waals surface area (Å²) in [5.74, 6) is 1.01. The van der Waals surface area contributed by atoms with E-state index in [0.29, 0.717) is 34.2 Å². The van der Waals surface area contributed by atoms with Gasteiger partial charge < -0.3 is 29.0 Å². The molecular formula is C22H25NO7. The predicted molar refractivity (Wildman–Crippen MR) is 112 cm³/mol. The number of hydrogen-bond acceptors (Lipinski definition) is 7. The van der Waals surface area contributed by atoms with Gasteiger partial charge in [0.05, 0.1) is 28.4 Å². The highest BCUT2D eigenvalue weighted by atomic mass is 16.5. The van der Waals surface area contributed by atoms with Crippen LogP contribution in [-0.2, 0) is 14.3 Å². The molecule has 2 aromatic rings. The maximum absolute atomic E-state index is 12.2. The molecule has 0 aromatic heterocycles. The lowest BCUT2D eigenvalue weighted by Crippen LogP contribution is -2.29. The summed E-state index contributed by atoms with van der Waals surface area (Å²) >= 11 is 0. The smallest absolute Gasteiger partial charge is 0.331 e. The van der Waals surface area contributed by atoms with E-state index >= 15 is 0 Å². The summed E-state index contributed by atoms with van der Waals surface area (Å²) in [5.41, 5.74) is 1.15. The highest BCUT2D eigenvalue weighted by Crippen LogP contribution is 2.35. The Kier molecular flexibility index (Phi) is 8.10. The zero-order valence-electron chi connectivity index (χ0n) is 17.6. The average molecular weight is 415 g/mol. The van der Waals surface area contributed by atoms with E-state index in [9.17, 15) is 9.59 Å². The van der Waals surface area contributed by atoms with E-state index in [1.165, 1.54) is 40.4 Å². The van der Waals surface area contributed by atoms with Crippen LogP contribution in [0, 0.1) is 0 Å². The van der Waals surface area contributed by atoms with Gasteiger partial charge in [-0.25, -0.2) is 4.79 Å². The van der Waals surface area contributed by atoms with Crippen molar-refractivity contribution in [1.29, 1.82) is 0 Å². The van der Waals surface area contributed by atoms with Crippen LogP contribution in [0.5, 0.6) is 23.0 Å². The molecule has 2 rings (SSSR count). The summed E-state index contributed by atoms with van der Waals surface area (Å²) in [6.07, 6.45) is 1.73. The first-order chi connectivity index (χ1) is 14.4. The first-order valence-electron chi connectivity index (χ1n) is 9.05. The number of esters is 1. The van der Waals surface area contributed by atoms with Crippen molar-refractivity contribution in [2.75, 3.05) is 33.8 Å². The monoisotopic (exact) mass is 415 g/mol. The molecule has 0 saturated carbocycles. The minimum absolute atomic E-state index is 0.453. The van der Waals surface area contributed by atoms with Crippen molar-refractivity contribution in [2.45, 2.75) is 13.0 Å². The normalized spacial score (nSPS) is 11.5. The number of nitrogens with one attached hydrogen (secondary N) is 1. The molecule has 0 radical (unpaired) electrons. The van der Waals surface area contributed by atoms with Gasteiger partial charge in [0.25, 0.3) is 5.91 Å². The summed E-state index contributed by atoms with van der Waals surface area (Å²) in [7, 11) is 6.08. The summed E-state index contributed by atoms with van der Waals surface area (Å²) in [6.45, 7) is 1.49. The minimum atomic E-state index is -0.989. The number of rotatable bonds is 9. The molecule has 0 saturated heterocycles. The largest absolute Gasteiger partial charge is 0.497 e. The molecule has 1 unspecified atom stereocenters. The van der Waals surface area contributed by atoms with Crippen LogP contribution in [-0.4, -0.2) is 46.4 Å². The fourth-order valence-corrected chi connectivity index (χ4v) is 2.53. The molecule has 160 valence electrons. The van der Waals surface area contributed by atoms with E-state index < -0.39 is 18.0 Å². The van der Waals surface area contributed by atoms with Crippen LogP contribution < -0.4 is 24.3 Å². The Morgan fingerprint density at radius 2 is 1.47 bits per heavy atom. The number of carbonyl (C=O) groups excluding carboxylic acids is 2. The maximum atomic E-state index is 12.2. The lowest BCUT2D eigenvalue weighted by molar-refractivity contribution is -0.148. The van der Waals surface area contributed by atoms with Gasteiger partial charge in [0.2, 0.25) is 0 Å². The number of ether oxygens (including phenoxy) is 5. The van der Waals surface area contributed by atoms with Gasteiger partial charge in [0, 0.05) is 23.4 Å². The second-order valence-corrected chi connectivity index (χ2v) is 6.08. The first-order valence-corrected chi connectivity index (χ1v) is 9.05. The van der Waals surface area contributed by atoms with Crippen LogP contribution >= 0.6 is 0 Å². The molecule has 1 N–H and O–H groups in total. The maximum Gasteiger partial charge on any atom is 0.331 e. The molecule has 0 spiro atoms. The molecule has 30 heavy (non-hydrogen) atoms. The minimum Gasteiger partial charge on any atom is -0.497 e. The third-order valence-corrected chi connectivity index (χ3v) is 4.15. The van der Waals surface area contributed by atoms with Crippen LogP contribution in [0.25, 0.3) is 6.08 Å². The Morgan fingerprint density at radius 1 is 0.867 bits per heavy atom. The van der Waals surface area contributed by atoms with E-state index in [4.69, 9.17) is 23.7 Å². The summed E-state index contributed by atoms with van der Waals surface area (Å²) in [6, 6.07) is 10.1. The van der Waals surface area contributed by atoms with Crippen molar-refractivity contribution in [3.05, 3.63) is 48.0 Å². The third kappa shape index (κ3) is 5.91. The molecule has 1 atom stereocenters. The lowest BCUT2D eigenvalue weighted by Gasteiger charge is -2.13. The quantitative estimate of drug-likeness (QED) is 0.496. The summed E-state index contributed by atoms with van der Waals surface area (Å²) in [4.78, 5) is 24.4. The Balaban J connectivity index is 2.01. The average Bonchev–Trinajstić information content (AvgIpc) is 2.77. The number of carbonyl (C=O) groups is 2. The van der Waals surface area contributed by atoms with E-state index in [-0.39, 0.29) is 0 Å². The van der Waals surface area contributed by atoms with Gasteiger partial charge in [-0.3, -0.25) is 4.79 Å². The lowest BCUT2D eigenvalue weighted by atomic mass is 10.1. The van der Waals surface area contributed by atoms with Crippen molar-refractivity contribution in [3.63, 3.8) is 0 Å². The summed E-state index contributed by atoms with van der Waals surface area (Å²) < 4.78 is 26.0. The van der Waals surface area contributed by atoms with Crippen molar-refractivity contribution in [1.82, 2.24) is 0 Å². The molecule has 0 aliphatic rings. The zero-order chi connectivity index (χ0) is 22.1. The molecule has 0 heterocycles. The topological polar surface area (TPSA) is 92.3 Å². The van der Waals surface area contributed by atoms with Gasteiger partial charge >= 0.3 is 5.97 Å². The summed E-state index contributed by atoms with van der Waals surface area (Å²) in [5, 5.41) is 2.67. The number of benzene rings is 2. The molecule has 8 heteroatoms. The van der Waals surface area contributed by atoms with Gasteiger partial charge in [0.15, 0.2) is 17.6 Å². The van der Waals surface area contributed by atoms with E-state index in [2.05, 4.69) is 5.32 Å². The Morgan fingerprint density at radius 3 is 2.03 bits per heavy atom. The van der Waals surface area contributed by atoms with E-state index in [0.717, 1.165) is 0 Å². The van der Waals surface area contributed by atoms with Crippen molar-refractivity contribution < 1.29 is 33.3 Å². The van der Waals surface area contributed by atoms with Crippen LogP contribution in [0.3, 0.4) is 0 Å². The number of amides is 1. The SMILES string of the molecule is COc1ccc(NC(=O)C(C)OC(=O)/C=C/c2cc(OC)c(OC)cc2OC)cc1. The Hall–Kier alpha value is -3.68. The van der Waals surface area contributed by atoms with Gasteiger partial charge in [-0.15, -0.1) is 0 Å². The van der Waals surface area contributed by atoms with Crippen molar-refractivity contribution in [2.24, 2.45) is 0 Å².